The molecule has 1 aromatic rings. The van der Waals surface area contributed by atoms with Gasteiger partial charge in [0.1, 0.15) is 18.1 Å². The summed E-state index contributed by atoms with van der Waals surface area (Å²) in [5.41, 5.74) is 11.8. The zero-order chi connectivity index (χ0) is 18.8. The highest BCUT2D eigenvalue weighted by Crippen LogP contribution is 2.20. The predicted octanol–water partition coefficient (Wildman–Crippen LogP) is 0.479. The number of hydrogen-bond acceptors (Lipinski definition) is 8. The third-order valence-corrected chi connectivity index (χ3v) is 5.35. The molecule has 10 heteroatoms. The largest absolute Gasteiger partial charge is 0.393 e. The molecule has 3 atom stereocenters. The van der Waals surface area contributed by atoms with E-state index in [-0.39, 0.29) is 18.0 Å². The molecule has 1 fully saturated rings. The predicted molar refractivity (Wildman–Crippen MR) is 101 cm³/mol. The van der Waals surface area contributed by atoms with Crippen LogP contribution in [0.1, 0.15) is 20.3 Å². The van der Waals surface area contributed by atoms with Crippen molar-refractivity contribution in [1.82, 2.24) is 14.3 Å². The van der Waals surface area contributed by atoms with Crippen molar-refractivity contribution in [2.75, 3.05) is 56.4 Å². The van der Waals surface area contributed by atoms with Crippen molar-refractivity contribution in [3.05, 3.63) is 6.33 Å². The molecule has 1 aromatic heterocycles. The Morgan fingerprint density at radius 2 is 1.96 bits per heavy atom. The van der Waals surface area contributed by atoms with E-state index in [2.05, 4.69) is 15.3 Å². The van der Waals surface area contributed by atoms with Gasteiger partial charge in [-0.2, -0.15) is 0 Å². The Balaban J connectivity index is 0.00000151. The lowest BCUT2D eigenvalue weighted by Crippen LogP contribution is -2.43. The quantitative estimate of drug-likeness (QED) is 0.599. The molecule has 0 bridgehead atoms. The van der Waals surface area contributed by atoms with Crippen LogP contribution >= 0.6 is 0 Å². The first-order chi connectivity index (χ1) is 12.1. The molecule has 2 rings (SSSR count). The summed E-state index contributed by atoms with van der Waals surface area (Å²) in [6.45, 7) is 5.78. The van der Waals surface area contributed by atoms with Crippen LogP contribution in [-0.2, 0) is 20.5 Å². The van der Waals surface area contributed by atoms with Gasteiger partial charge in [-0.3, -0.25) is 0 Å². The number of nitrogens with one attached hydrogen (secondary N) is 1. The third-order valence-electron chi connectivity index (χ3n) is 3.80. The average Bonchev–Trinajstić information content (AvgIpc) is 3.04. The minimum Gasteiger partial charge on any atom is -0.393 e. The van der Waals surface area contributed by atoms with Gasteiger partial charge in [-0.15, -0.1) is 0 Å². The zero-order valence-corrected chi connectivity index (χ0v) is 16.2. The maximum absolute atomic E-state index is 11.9. The summed E-state index contributed by atoms with van der Waals surface area (Å²) < 4.78 is 24.8. The monoisotopic (exact) mass is 374 g/mol. The van der Waals surface area contributed by atoms with Gasteiger partial charge >= 0.3 is 0 Å². The van der Waals surface area contributed by atoms with E-state index >= 15 is 0 Å². The molecule has 25 heavy (non-hydrogen) atoms. The number of nitrogens with zero attached hydrogens (tertiary/aromatic N) is 3. The normalized spacial score (nSPS) is 19.8. The molecule has 144 valence electrons. The summed E-state index contributed by atoms with van der Waals surface area (Å²) in [5, 5.41) is 3.10. The van der Waals surface area contributed by atoms with Gasteiger partial charge in [0.15, 0.2) is 11.6 Å². The fourth-order valence-corrected chi connectivity index (χ4v) is 3.71. The molecule has 2 heterocycles. The molecule has 5 N–H and O–H groups in total. The topological polar surface area (TPSA) is 129 Å². The van der Waals surface area contributed by atoms with Crippen LogP contribution in [-0.4, -0.2) is 70.3 Å². The van der Waals surface area contributed by atoms with Crippen LogP contribution in [0.25, 0.3) is 0 Å². The van der Waals surface area contributed by atoms with Crippen molar-refractivity contribution in [2.24, 2.45) is 0 Å². The first-order valence-corrected chi connectivity index (χ1v) is 9.63. The number of hydrogen-bond donors (Lipinski definition) is 3. The molecule has 0 radical (unpaired) electrons. The molecule has 1 aliphatic rings. The van der Waals surface area contributed by atoms with Crippen molar-refractivity contribution in [1.29, 1.82) is 0 Å². The number of rotatable bonds is 8. The van der Waals surface area contributed by atoms with Crippen LogP contribution in [0.2, 0.25) is 0 Å². The SMILES string of the molecule is CC.COC(CN1CCCS1=O)[C@H](CNc1ncnc(N)c1N)OC. The first-order valence-electron chi connectivity index (χ1n) is 8.35. The van der Waals surface area contributed by atoms with Crippen LogP contribution < -0.4 is 16.8 Å². The van der Waals surface area contributed by atoms with Crippen LogP contribution in [0.5, 0.6) is 0 Å². The summed E-state index contributed by atoms with van der Waals surface area (Å²) in [6.07, 6.45) is 1.80. The molecule has 0 saturated carbocycles. The molecule has 0 aromatic carbocycles. The van der Waals surface area contributed by atoms with Gasteiger partial charge in [-0.1, -0.05) is 13.8 Å². The van der Waals surface area contributed by atoms with E-state index < -0.39 is 11.0 Å². The number of nitrogen functional groups attached to an aromatic ring is 2. The second kappa shape index (κ2) is 11.2. The summed E-state index contributed by atoms with van der Waals surface area (Å²) in [7, 11) is 2.30. The minimum absolute atomic E-state index is 0.227. The summed E-state index contributed by atoms with van der Waals surface area (Å²) >= 11 is 0. The Hall–Kier alpha value is -1.49. The second-order valence-electron chi connectivity index (χ2n) is 5.22. The summed E-state index contributed by atoms with van der Waals surface area (Å²) in [5.74, 6) is 1.40. The molecular weight excluding hydrogens is 344 g/mol. The molecule has 2 unspecified atom stereocenters. The number of ether oxygens (including phenoxy) is 2. The highest BCUT2D eigenvalue weighted by molar-refractivity contribution is 7.82. The number of anilines is 3. The van der Waals surface area contributed by atoms with Crippen LogP contribution in [0.3, 0.4) is 0 Å². The van der Waals surface area contributed by atoms with Gasteiger partial charge in [0.25, 0.3) is 0 Å². The Labute approximate surface area is 152 Å². The number of methoxy groups -OCH3 is 2. The second-order valence-corrected chi connectivity index (χ2v) is 6.79. The highest BCUT2D eigenvalue weighted by Gasteiger charge is 2.28. The molecule has 9 nitrogen and oxygen atoms in total. The molecule has 0 aliphatic carbocycles. The fourth-order valence-electron chi connectivity index (χ4n) is 2.43. The summed E-state index contributed by atoms with van der Waals surface area (Å²) in [6, 6.07) is 0. The van der Waals surface area contributed by atoms with Crippen LogP contribution in [0, 0.1) is 0 Å². The van der Waals surface area contributed by atoms with E-state index in [1.807, 2.05) is 18.2 Å². The van der Waals surface area contributed by atoms with Crippen LogP contribution in [0.4, 0.5) is 17.3 Å². The fraction of sp³-hybridized carbons (Fsp3) is 0.733. The maximum atomic E-state index is 11.9. The molecule has 0 amide bonds. The van der Waals surface area contributed by atoms with Crippen molar-refractivity contribution in [3.8, 4) is 0 Å². The molecule has 1 saturated heterocycles. The molecule has 0 spiro atoms. The lowest BCUT2D eigenvalue weighted by atomic mass is 10.2. The Bertz CT molecular complexity index is 548. The average molecular weight is 375 g/mol. The Morgan fingerprint density at radius 3 is 2.52 bits per heavy atom. The lowest BCUT2D eigenvalue weighted by Gasteiger charge is -2.28. The van der Waals surface area contributed by atoms with E-state index in [0.29, 0.717) is 30.3 Å². The lowest BCUT2D eigenvalue weighted by molar-refractivity contribution is -0.0346. The smallest absolute Gasteiger partial charge is 0.154 e. The Kier molecular flexibility index (Phi) is 9.65. The van der Waals surface area contributed by atoms with E-state index in [0.717, 1.165) is 13.0 Å². The maximum Gasteiger partial charge on any atom is 0.154 e. The zero-order valence-electron chi connectivity index (χ0n) is 15.4. The number of aromatic nitrogens is 2. The van der Waals surface area contributed by atoms with E-state index in [4.69, 9.17) is 20.9 Å². The van der Waals surface area contributed by atoms with Gasteiger partial charge in [-0.05, 0) is 6.42 Å². The van der Waals surface area contributed by atoms with Gasteiger partial charge in [0, 0.05) is 39.6 Å². The Morgan fingerprint density at radius 1 is 1.28 bits per heavy atom. The third kappa shape index (κ3) is 6.07. The van der Waals surface area contributed by atoms with E-state index in [1.165, 1.54) is 6.33 Å². The van der Waals surface area contributed by atoms with Crippen molar-refractivity contribution < 1.29 is 13.7 Å². The summed E-state index contributed by atoms with van der Waals surface area (Å²) in [4.78, 5) is 7.88. The molecular formula is C15H30N6O3S. The van der Waals surface area contributed by atoms with Gasteiger partial charge in [0.05, 0.1) is 17.1 Å². The van der Waals surface area contributed by atoms with Crippen molar-refractivity contribution >= 4 is 28.3 Å². The van der Waals surface area contributed by atoms with Gasteiger partial charge < -0.3 is 26.3 Å². The van der Waals surface area contributed by atoms with E-state index in [1.54, 1.807) is 14.2 Å². The highest BCUT2D eigenvalue weighted by atomic mass is 32.2. The first kappa shape index (κ1) is 21.6. The van der Waals surface area contributed by atoms with Crippen molar-refractivity contribution in [3.63, 3.8) is 0 Å². The number of nitrogens with two attached hydrogens (primary N) is 2. The van der Waals surface area contributed by atoms with E-state index in [9.17, 15) is 4.21 Å². The standard InChI is InChI=1S/C13H24N6O3S.C2H6/c1-21-9(6-16-13-11(14)12(15)17-8-18-13)10(22-2)7-19-4-3-5-23(19)20;1-2/h8-10H,3-7,14H2,1-2H3,(H3,15,16,17,18);1-2H3/t9-,10?,23?;/m0./s1. The molecule has 1 aliphatic heterocycles. The van der Waals surface area contributed by atoms with Gasteiger partial charge in [-0.25, -0.2) is 18.5 Å². The van der Waals surface area contributed by atoms with Gasteiger partial charge in [0.2, 0.25) is 0 Å². The van der Waals surface area contributed by atoms with Crippen LogP contribution in [0.15, 0.2) is 6.33 Å². The van der Waals surface area contributed by atoms with Crippen molar-refractivity contribution in [2.45, 2.75) is 32.5 Å². The minimum atomic E-state index is -0.928.